The fourth-order valence-electron chi connectivity index (χ4n) is 0.976. The lowest BCUT2D eigenvalue weighted by atomic mass is 10.3. The summed E-state index contributed by atoms with van der Waals surface area (Å²) in [6.45, 7) is 0. The highest BCUT2D eigenvalue weighted by atomic mass is 127. The molecule has 1 aromatic rings. The molecule has 0 radical (unpaired) electrons. The summed E-state index contributed by atoms with van der Waals surface area (Å²) in [5.41, 5.74) is 11.7. The molecule has 0 saturated carbocycles. The number of aromatic nitrogens is 2. The summed E-state index contributed by atoms with van der Waals surface area (Å²) in [7, 11) is 0. The van der Waals surface area contributed by atoms with Gasteiger partial charge in [-0.15, -0.1) is 0 Å². The number of anilines is 2. The van der Waals surface area contributed by atoms with E-state index in [4.69, 9.17) is 16.9 Å². The Bertz CT molecular complexity index is 466. The molecule has 0 atom stereocenters. The molecule has 7 nitrogen and oxygen atoms in total. The number of nitrogens with zero attached hydrogens (tertiary/aromatic N) is 2. The van der Waals surface area contributed by atoms with Crippen molar-refractivity contribution < 1.29 is 4.79 Å². The lowest BCUT2D eigenvalue weighted by Crippen LogP contribution is -2.29. The number of nitrogens with one attached hydrogen (secondary N) is 2. The fourth-order valence-corrected chi connectivity index (χ4v) is 1.73. The number of carbonyl (C=O) groups is 1. The van der Waals surface area contributed by atoms with Crippen LogP contribution in [0.25, 0.3) is 0 Å². The molecule has 0 saturated heterocycles. The number of hydrogen-bond acceptors (Lipinski definition) is 7. The fraction of sp³-hybridized carbons (Fsp3) is 0.250. The van der Waals surface area contributed by atoms with Crippen LogP contribution in [0.3, 0.4) is 0 Å². The van der Waals surface area contributed by atoms with Gasteiger partial charge in [0.05, 0.1) is 5.69 Å². The van der Waals surface area contributed by atoms with E-state index in [2.05, 4.69) is 37.9 Å². The third-order valence-corrected chi connectivity index (χ3v) is 3.03. The highest BCUT2D eigenvalue weighted by molar-refractivity contribution is 14.1. The van der Waals surface area contributed by atoms with Crippen molar-refractivity contribution in [1.82, 2.24) is 15.3 Å². The molecule has 1 heterocycles. The van der Waals surface area contributed by atoms with Crippen molar-refractivity contribution in [2.45, 2.75) is 4.43 Å². The van der Waals surface area contributed by atoms with E-state index in [-0.39, 0.29) is 22.5 Å². The second kappa shape index (κ2) is 6.00. The van der Waals surface area contributed by atoms with Gasteiger partial charge in [-0.1, -0.05) is 34.4 Å². The summed E-state index contributed by atoms with van der Waals surface area (Å²) in [5.74, 6) is -0.378. The third-order valence-electron chi connectivity index (χ3n) is 1.80. The van der Waals surface area contributed by atoms with Crippen LogP contribution in [0, 0.1) is 5.41 Å². The van der Waals surface area contributed by atoms with E-state index in [1.54, 1.807) is 6.26 Å². The zero-order valence-corrected chi connectivity index (χ0v) is 11.9. The van der Waals surface area contributed by atoms with Gasteiger partial charge in [-0.2, -0.15) is 0 Å². The summed E-state index contributed by atoms with van der Waals surface area (Å²) in [4.78, 5) is 19.6. The third kappa shape index (κ3) is 3.43. The molecule has 0 fully saturated rings. The van der Waals surface area contributed by atoms with Crippen LogP contribution in [0.15, 0.2) is 0 Å². The first-order valence-electron chi connectivity index (χ1n) is 4.41. The number of rotatable bonds is 2. The van der Waals surface area contributed by atoms with E-state index in [0.717, 1.165) is 11.8 Å². The monoisotopic (exact) mass is 366 g/mol. The Kier molecular flexibility index (Phi) is 4.93. The van der Waals surface area contributed by atoms with Gasteiger partial charge in [0.1, 0.15) is 5.82 Å². The number of nitrogen functional groups attached to an aromatic ring is 2. The lowest BCUT2D eigenvalue weighted by molar-refractivity contribution is 0.0973. The predicted molar refractivity (Wildman–Crippen MR) is 77.3 cm³/mol. The SMILES string of the molecule is CSC(=N)NC(=O)c1nc(CI)c(N)nc1N. The van der Waals surface area contributed by atoms with E-state index in [1.807, 2.05) is 0 Å². The number of alkyl halides is 1. The van der Waals surface area contributed by atoms with Crippen LogP contribution in [-0.4, -0.2) is 27.3 Å². The van der Waals surface area contributed by atoms with E-state index < -0.39 is 5.91 Å². The average molecular weight is 366 g/mol. The second-order valence-electron chi connectivity index (χ2n) is 2.91. The summed E-state index contributed by atoms with van der Waals surface area (Å²) in [6, 6.07) is 0. The van der Waals surface area contributed by atoms with Gasteiger partial charge < -0.3 is 16.8 Å². The molecule has 6 N–H and O–H groups in total. The molecule has 1 amide bonds. The Hall–Kier alpha value is -1.10. The van der Waals surface area contributed by atoms with Crippen molar-refractivity contribution in [3.63, 3.8) is 0 Å². The topological polar surface area (TPSA) is 131 Å². The van der Waals surface area contributed by atoms with E-state index in [1.165, 1.54) is 0 Å². The van der Waals surface area contributed by atoms with Gasteiger partial charge in [0.25, 0.3) is 5.91 Å². The molecule has 0 bridgehead atoms. The van der Waals surface area contributed by atoms with Crippen molar-refractivity contribution in [2.24, 2.45) is 0 Å². The molecule has 9 heteroatoms. The summed E-state index contributed by atoms with van der Waals surface area (Å²) in [6.07, 6.45) is 1.68. The minimum atomic E-state index is -0.555. The maximum atomic E-state index is 11.7. The van der Waals surface area contributed by atoms with Gasteiger partial charge in [-0.25, -0.2) is 9.97 Å². The van der Waals surface area contributed by atoms with Crippen LogP contribution >= 0.6 is 34.4 Å². The van der Waals surface area contributed by atoms with Crippen LogP contribution in [0.4, 0.5) is 11.6 Å². The molecular formula is C8H11IN6OS. The largest absolute Gasteiger partial charge is 0.382 e. The highest BCUT2D eigenvalue weighted by Crippen LogP contribution is 2.15. The molecule has 1 aromatic heterocycles. The van der Waals surface area contributed by atoms with Gasteiger partial charge in [0.15, 0.2) is 16.7 Å². The highest BCUT2D eigenvalue weighted by Gasteiger charge is 2.16. The number of hydrogen-bond donors (Lipinski definition) is 4. The summed E-state index contributed by atoms with van der Waals surface area (Å²) < 4.78 is 0.525. The Morgan fingerprint density at radius 3 is 2.65 bits per heavy atom. The molecule has 0 aromatic carbocycles. The molecule has 0 unspecified atom stereocenters. The molecule has 0 spiro atoms. The van der Waals surface area contributed by atoms with Crippen LogP contribution < -0.4 is 16.8 Å². The summed E-state index contributed by atoms with van der Waals surface area (Å²) >= 11 is 3.17. The Labute approximate surface area is 116 Å². The Morgan fingerprint density at radius 2 is 2.12 bits per heavy atom. The number of amides is 1. The van der Waals surface area contributed by atoms with Crippen LogP contribution in [-0.2, 0) is 4.43 Å². The quantitative estimate of drug-likeness (QED) is 0.262. The van der Waals surface area contributed by atoms with Crippen LogP contribution in [0.5, 0.6) is 0 Å². The van der Waals surface area contributed by atoms with Gasteiger partial charge in [0.2, 0.25) is 0 Å². The summed E-state index contributed by atoms with van der Waals surface area (Å²) in [5, 5.41) is 9.70. The number of amidine groups is 1. The van der Waals surface area contributed by atoms with Gasteiger partial charge in [-0.3, -0.25) is 10.2 Å². The minimum absolute atomic E-state index is 0.00957. The van der Waals surface area contributed by atoms with Crippen molar-refractivity contribution in [1.29, 1.82) is 5.41 Å². The molecule has 1 rings (SSSR count). The standard InChI is InChI=1S/C8H11IN6OS/c1-17-8(12)15-7(16)4-6(11)14-5(10)3(2-9)13-4/h2H2,1H3,(H4,10,11,14)(H2,12,15,16). The average Bonchev–Trinajstić information content (AvgIpc) is 2.28. The maximum absolute atomic E-state index is 11.7. The normalized spacial score (nSPS) is 10.0. The van der Waals surface area contributed by atoms with Crippen molar-refractivity contribution in [3.05, 3.63) is 11.4 Å². The van der Waals surface area contributed by atoms with Gasteiger partial charge in [0, 0.05) is 4.43 Å². The smallest absolute Gasteiger partial charge is 0.279 e. The van der Waals surface area contributed by atoms with Gasteiger partial charge >= 0.3 is 0 Å². The maximum Gasteiger partial charge on any atom is 0.279 e. The number of halogens is 1. The zero-order chi connectivity index (χ0) is 13.0. The van der Waals surface area contributed by atoms with Crippen LogP contribution in [0.1, 0.15) is 16.2 Å². The molecule has 0 aliphatic rings. The first-order chi connectivity index (χ1) is 7.99. The van der Waals surface area contributed by atoms with Crippen molar-refractivity contribution in [3.8, 4) is 0 Å². The van der Waals surface area contributed by atoms with Crippen molar-refractivity contribution in [2.75, 3.05) is 17.7 Å². The van der Waals surface area contributed by atoms with E-state index in [9.17, 15) is 4.79 Å². The minimum Gasteiger partial charge on any atom is -0.382 e. The van der Waals surface area contributed by atoms with Gasteiger partial charge in [-0.05, 0) is 6.26 Å². The van der Waals surface area contributed by atoms with Crippen LogP contribution in [0.2, 0.25) is 0 Å². The number of thioether (sulfide) groups is 1. The first-order valence-corrected chi connectivity index (χ1v) is 7.16. The molecular weight excluding hydrogens is 355 g/mol. The molecule has 92 valence electrons. The Balaban J connectivity index is 3.05. The molecule has 0 aliphatic carbocycles. The predicted octanol–water partition coefficient (Wildman–Crippen LogP) is 0.604. The first kappa shape index (κ1) is 14.0. The second-order valence-corrected chi connectivity index (χ2v) is 4.49. The lowest BCUT2D eigenvalue weighted by Gasteiger charge is -2.08. The Morgan fingerprint density at radius 1 is 1.47 bits per heavy atom. The zero-order valence-electron chi connectivity index (χ0n) is 8.95. The molecule has 17 heavy (non-hydrogen) atoms. The molecule has 0 aliphatic heterocycles. The van der Waals surface area contributed by atoms with E-state index in [0.29, 0.717) is 10.1 Å². The van der Waals surface area contributed by atoms with Crippen molar-refractivity contribution >= 4 is 57.1 Å². The van der Waals surface area contributed by atoms with E-state index >= 15 is 0 Å². The number of nitrogens with two attached hydrogens (primary N) is 2. The number of carbonyl (C=O) groups excluding carboxylic acids is 1.